The zero-order valence-corrected chi connectivity index (χ0v) is 16.3. The second-order valence-corrected chi connectivity index (χ2v) is 9.33. The van der Waals surface area contributed by atoms with Gasteiger partial charge < -0.3 is 0 Å². The first-order chi connectivity index (χ1) is 11.7. The number of aromatic nitrogens is 2. The number of imidazole rings is 1. The van der Waals surface area contributed by atoms with Gasteiger partial charge in [-0.1, -0.05) is 31.5 Å². The average molecular weight is 402 g/mol. The van der Waals surface area contributed by atoms with Gasteiger partial charge in [0.05, 0.1) is 10.7 Å². The van der Waals surface area contributed by atoms with Crippen LogP contribution in [-0.2, 0) is 16.6 Å². The monoisotopic (exact) mass is 401 g/mol. The topological polar surface area (TPSA) is 63.5 Å². The Morgan fingerprint density at radius 3 is 2.76 bits per heavy atom. The number of nitrogens with zero attached hydrogens (tertiary/aromatic N) is 2. The Kier molecular flexibility index (Phi) is 4.89. The number of hydrogen-bond acceptors (Lipinski definition) is 4. The van der Waals surface area contributed by atoms with Crippen molar-refractivity contribution in [2.75, 3.05) is 0 Å². The molecule has 5 nitrogen and oxygen atoms in total. The lowest BCUT2D eigenvalue weighted by molar-refractivity contribution is 0.572. The molecule has 0 saturated heterocycles. The molecule has 3 aromatic rings. The van der Waals surface area contributed by atoms with Crippen LogP contribution in [0.5, 0.6) is 0 Å². The summed E-state index contributed by atoms with van der Waals surface area (Å²) in [4.78, 5) is 6.09. The van der Waals surface area contributed by atoms with E-state index in [9.17, 15) is 12.8 Å². The number of nitrogens with one attached hydrogen (secondary N) is 1. The highest BCUT2D eigenvalue weighted by atomic mass is 35.5. The SMILES string of the molecule is Cc1cn2c(S(=O)(=O)NCc3ccc(F)c(Cl)c3)c(C(C)C)nc2s1. The molecule has 0 aliphatic heterocycles. The van der Waals surface area contributed by atoms with Gasteiger partial charge in [-0.3, -0.25) is 4.40 Å². The predicted molar refractivity (Wildman–Crippen MR) is 97.3 cm³/mol. The average Bonchev–Trinajstić information content (AvgIpc) is 3.04. The molecule has 0 bridgehead atoms. The number of aryl methyl sites for hydroxylation is 1. The molecular formula is C16H17ClFN3O2S2. The summed E-state index contributed by atoms with van der Waals surface area (Å²) in [5.74, 6) is -0.583. The van der Waals surface area contributed by atoms with E-state index in [0.717, 1.165) is 4.88 Å². The van der Waals surface area contributed by atoms with E-state index >= 15 is 0 Å². The maximum absolute atomic E-state index is 13.2. The van der Waals surface area contributed by atoms with Crippen LogP contribution >= 0.6 is 22.9 Å². The predicted octanol–water partition coefficient (Wildman–Crippen LogP) is 4.10. The third kappa shape index (κ3) is 3.57. The molecular weight excluding hydrogens is 385 g/mol. The minimum Gasteiger partial charge on any atom is -0.279 e. The quantitative estimate of drug-likeness (QED) is 0.700. The maximum atomic E-state index is 13.2. The molecule has 0 fully saturated rings. The van der Waals surface area contributed by atoms with Gasteiger partial charge in [-0.2, -0.15) is 0 Å². The van der Waals surface area contributed by atoms with E-state index in [1.807, 2.05) is 20.8 Å². The highest BCUT2D eigenvalue weighted by Crippen LogP contribution is 2.29. The van der Waals surface area contributed by atoms with Crippen molar-refractivity contribution < 1.29 is 12.8 Å². The molecule has 0 amide bonds. The van der Waals surface area contributed by atoms with Crippen LogP contribution in [0, 0.1) is 12.7 Å². The van der Waals surface area contributed by atoms with Crippen molar-refractivity contribution in [2.45, 2.75) is 38.3 Å². The van der Waals surface area contributed by atoms with E-state index in [1.165, 1.54) is 29.5 Å². The first-order valence-electron chi connectivity index (χ1n) is 7.61. The Morgan fingerprint density at radius 1 is 1.40 bits per heavy atom. The van der Waals surface area contributed by atoms with Crippen LogP contribution in [0.1, 0.15) is 35.9 Å². The number of fused-ring (bicyclic) bond motifs is 1. The number of halogens is 2. The summed E-state index contributed by atoms with van der Waals surface area (Å²) >= 11 is 7.19. The van der Waals surface area contributed by atoms with Crippen molar-refractivity contribution in [1.82, 2.24) is 14.1 Å². The van der Waals surface area contributed by atoms with Gasteiger partial charge >= 0.3 is 0 Å². The van der Waals surface area contributed by atoms with Crippen molar-refractivity contribution in [1.29, 1.82) is 0 Å². The van der Waals surface area contributed by atoms with Gasteiger partial charge in [0.15, 0.2) is 9.99 Å². The lowest BCUT2D eigenvalue weighted by atomic mass is 10.2. The molecule has 9 heteroatoms. The second kappa shape index (κ2) is 6.68. The molecule has 0 radical (unpaired) electrons. The van der Waals surface area contributed by atoms with E-state index in [-0.39, 0.29) is 22.5 Å². The van der Waals surface area contributed by atoms with E-state index in [4.69, 9.17) is 11.6 Å². The van der Waals surface area contributed by atoms with Crippen molar-refractivity contribution in [3.05, 3.63) is 51.4 Å². The molecule has 1 aromatic carbocycles. The summed E-state index contributed by atoms with van der Waals surface area (Å²) < 4.78 is 43.2. The Morgan fingerprint density at radius 2 is 2.12 bits per heavy atom. The van der Waals surface area contributed by atoms with E-state index in [1.54, 1.807) is 10.6 Å². The van der Waals surface area contributed by atoms with Crippen molar-refractivity contribution >= 4 is 37.9 Å². The number of sulfonamides is 1. The molecule has 134 valence electrons. The zero-order valence-electron chi connectivity index (χ0n) is 13.9. The number of rotatable bonds is 5. The normalized spacial score (nSPS) is 12.4. The Balaban J connectivity index is 1.97. The third-order valence-corrected chi connectivity index (χ3v) is 6.30. The fourth-order valence-electron chi connectivity index (χ4n) is 2.49. The number of thiazole rings is 1. The lowest BCUT2D eigenvalue weighted by Crippen LogP contribution is -2.25. The highest BCUT2D eigenvalue weighted by Gasteiger charge is 2.27. The molecule has 0 aliphatic rings. The number of hydrogen-bond donors (Lipinski definition) is 1. The van der Waals surface area contributed by atoms with Gasteiger partial charge in [0.1, 0.15) is 5.82 Å². The van der Waals surface area contributed by atoms with Crippen molar-refractivity contribution in [2.24, 2.45) is 0 Å². The first-order valence-corrected chi connectivity index (χ1v) is 10.3. The number of benzene rings is 1. The van der Waals surface area contributed by atoms with Gasteiger partial charge in [-0.05, 0) is 30.5 Å². The molecule has 0 aliphatic carbocycles. The van der Waals surface area contributed by atoms with Crippen molar-refractivity contribution in [3.63, 3.8) is 0 Å². The molecule has 0 unspecified atom stereocenters. The minimum absolute atomic E-state index is 0.0101. The fourth-order valence-corrected chi connectivity index (χ4v) is 5.03. The van der Waals surface area contributed by atoms with Gasteiger partial charge in [-0.15, -0.1) is 11.3 Å². The van der Waals surface area contributed by atoms with Crippen LogP contribution in [0.2, 0.25) is 5.02 Å². The van der Waals surface area contributed by atoms with Crippen LogP contribution in [0.4, 0.5) is 4.39 Å². The van der Waals surface area contributed by atoms with Crippen LogP contribution in [0.3, 0.4) is 0 Å². The van der Waals surface area contributed by atoms with Crippen LogP contribution in [0.25, 0.3) is 4.96 Å². The molecule has 2 aromatic heterocycles. The summed E-state index contributed by atoms with van der Waals surface area (Å²) in [7, 11) is -3.81. The summed E-state index contributed by atoms with van der Waals surface area (Å²) in [5, 5.41) is 0.106. The molecule has 0 saturated carbocycles. The Bertz CT molecular complexity index is 1040. The molecule has 25 heavy (non-hydrogen) atoms. The van der Waals surface area contributed by atoms with Gasteiger partial charge in [0.25, 0.3) is 10.0 Å². The maximum Gasteiger partial charge on any atom is 0.258 e. The minimum atomic E-state index is -3.81. The Hall–Kier alpha value is -1.48. The van der Waals surface area contributed by atoms with Crippen LogP contribution in [-0.4, -0.2) is 17.8 Å². The van der Waals surface area contributed by atoms with Crippen LogP contribution < -0.4 is 4.72 Å². The van der Waals surface area contributed by atoms with E-state index < -0.39 is 15.8 Å². The summed E-state index contributed by atoms with van der Waals surface area (Å²) in [6.45, 7) is 5.71. The van der Waals surface area contributed by atoms with E-state index in [0.29, 0.717) is 16.2 Å². The van der Waals surface area contributed by atoms with Crippen LogP contribution in [0.15, 0.2) is 29.4 Å². The summed E-state index contributed by atoms with van der Waals surface area (Å²) in [6.07, 6.45) is 1.77. The first kappa shape index (κ1) is 18.3. The van der Waals surface area contributed by atoms with Gasteiger partial charge in [0.2, 0.25) is 0 Å². The molecule has 0 spiro atoms. The molecule has 3 rings (SSSR count). The Labute approximate surface area is 154 Å². The summed E-state index contributed by atoms with van der Waals surface area (Å²) in [5.41, 5.74) is 1.10. The second-order valence-electron chi connectivity index (χ2n) is 6.02. The highest BCUT2D eigenvalue weighted by molar-refractivity contribution is 7.89. The van der Waals surface area contributed by atoms with Crippen molar-refractivity contribution in [3.8, 4) is 0 Å². The fraction of sp³-hybridized carbons (Fsp3) is 0.312. The third-order valence-electron chi connectivity index (χ3n) is 3.68. The molecule has 2 heterocycles. The van der Waals surface area contributed by atoms with Gasteiger partial charge in [-0.25, -0.2) is 22.5 Å². The zero-order chi connectivity index (χ0) is 18.4. The smallest absolute Gasteiger partial charge is 0.258 e. The largest absolute Gasteiger partial charge is 0.279 e. The van der Waals surface area contributed by atoms with Gasteiger partial charge in [0, 0.05) is 17.6 Å². The molecule has 1 N–H and O–H groups in total. The standard InChI is InChI=1S/C16H17ClFN3O2S2/c1-9(2)14-15(21-8-10(3)24-16(21)20-14)25(22,23)19-7-11-4-5-13(18)12(17)6-11/h4-6,8-9,19H,7H2,1-3H3. The van der Waals surface area contributed by atoms with E-state index in [2.05, 4.69) is 9.71 Å². The summed E-state index contributed by atoms with van der Waals surface area (Å²) in [6, 6.07) is 4.11. The lowest BCUT2D eigenvalue weighted by Gasteiger charge is -2.10. The molecule has 0 atom stereocenters.